The molecule has 228 valence electrons. The standard InChI is InChI=1S/C29H35FN6O4.2ClH/c1-29(2,31)28(39)33-23(18-40-17-20-8-4-3-5-9-20)26(37)34-24-16-36(19-32-24)25(21-10-12-22(30)13-11-21)27(38)35-14-6-7-15-35;;/h3-5,8-13,16,19,23,25H,6-7,14-15,17-18,31H2,1-2H3,(H,33,39)(H,34,37);2*1H/t23-,25?;;/m1../s1. The Morgan fingerprint density at radius 3 is 2.31 bits per heavy atom. The van der Waals surface area contributed by atoms with Crippen molar-refractivity contribution in [3.63, 3.8) is 0 Å². The van der Waals surface area contributed by atoms with Crippen molar-refractivity contribution in [2.45, 2.75) is 50.9 Å². The van der Waals surface area contributed by atoms with E-state index < -0.39 is 35.3 Å². The molecule has 1 aromatic heterocycles. The van der Waals surface area contributed by atoms with Crippen LogP contribution in [0, 0.1) is 5.82 Å². The van der Waals surface area contributed by atoms with Gasteiger partial charge in [0.05, 0.1) is 25.1 Å². The number of halogens is 3. The number of carbonyl (C=O) groups excluding carboxylic acids is 3. The summed E-state index contributed by atoms with van der Waals surface area (Å²) in [4.78, 5) is 45.3. The van der Waals surface area contributed by atoms with Crippen LogP contribution >= 0.6 is 24.8 Å². The summed E-state index contributed by atoms with van der Waals surface area (Å²) in [6, 6.07) is 13.4. The van der Waals surface area contributed by atoms with E-state index in [0.717, 1.165) is 18.4 Å². The molecule has 13 heteroatoms. The van der Waals surface area contributed by atoms with Crippen molar-refractivity contribution in [1.82, 2.24) is 19.8 Å². The Balaban J connectivity index is 0.00000308. The molecule has 2 atom stereocenters. The fraction of sp³-hybridized carbons (Fsp3) is 0.379. The molecule has 2 aromatic carbocycles. The summed E-state index contributed by atoms with van der Waals surface area (Å²) >= 11 is 0. The third-order valence-corrected chi connectivity index (χ3v) is 6.59. The summed E-state index contributed by atoms with van der Waals surface area (Å²) in [6.45, 7) is 4.52. The van der Waals surface area contributed by atoms with Gasteiger partial charge in [-0.25, -0.2) is 9.37 Å². The second kappa shape index (κ2) is 15.6. The second-order valence-corrected chi connectivity index (χ2v) is 10.4. The van der Waals surface area contributed by atoms with Crippen molar-refractivity contribution >= 4 is 48.4 Å². The van der Waals surface area contributed by atoms with Gasteiger partial charge in [-0.2, -0.15) is 0 Å². The number of rotatable bonds is 11. The van der Waals surface area contributed by atoms with Crippen molar-refractivity contribution in [2.75, 3.05) is 25.0 Å². The van der Waals surface area contributed by atoms with E-state index in [2.05, 4.69) is 15.6 Å². The van der Waals surface area contributed by atoms with Gasteiger partial charge >= 0.3 is 0 Å². The fourth-order valence-electron chi connectivity index (χ4n) is 4.35. The monoisotopic (exact) mass is 622 g/mol. The molecule has 4 rings (SSSR count). The van der Waals surface area contributed by atoms with Gasteiger partial charge in [-0.15, -0.1) is 24.8 Å². The highest BCUT2D eigenvalue weighted by Gasteiger charge is 2.31. The summed E-state index contributed by atoms with van der Waals surface area (Å²) in [7, 11) is 0. The lowest BCUT2D eigenvalue weighted by Crippen LogP contribution is -2.56. The molecule has 3 aromatic rings. The Morgan fingerprint density at radius 2 is 1.69 bits per heavy atom. The molecule has 0 spiro atoms. The van der Waals surface area contributed by atoms with Gasteiger partial charge in [0.2, 0.25) is 11.8 Å². The maximum Gasteiger partial charge on any atom is 0.250 e. The molecule has 1 fully saturated rings. The molecule has 42 heavy (non-hydrogen) atoms. The minimum absolute atomic E-state index is 0. The van der Waals surface area contributed by atoms with E-state index in [4.69, 9.17) is 10.5 Å². The molecule has 0 aliphatic carbocycles. The Morgan fingerprint density at radius 1 is 1.05 bits per heavy atom. The number of nitrogens with zero attached hydrogens (tertiary/aromatic N) is 3. The van der Waals surface area contributed by atoms with E-state index in [1.165, 1.54) is 38.5 Å². The Hall–Kier alpha value is -3.51. The van der Waals surface area contributed by atoms with Gasteiger partial charge in [-0.1, -0.05) is 42.5 Å². The molecule has 1 aliphatic rings. The Bertz CT molecular complexity index is 1310. The topological polar surface area (TPSA) is 132 Å². The first kappa shape index (κ1) is 34.7. The predicted octanol–water partition coefficient (Wildman–Crippen LogP) is 3.46. The highest BCUT2D eigenvalue weighted by atomic mass is 35.5. The average molecular weight is 624 g/mol. The van der Waals surface area contributed by atoms with Crippen LogP contribution in [0.3, 0.4) is 0 Å². The molecule has 1 aliphatic heterocycles. The number of likely N-dealkylation sites (tertiary alicyclic amines) is 1. The molecular weight excluding hydrogens is 586 g/mol. The summed E-state index contributed by atoms with van der Waals surface area (Å²) < 4.78 is 20.9. The highest BCUT2D eigenvalue weighted by Crippen LogP contribution is 2.25. The van der Waals surface area contributed by atoms with Gasteiger partial charge in [0.1, 0.15) is 17.9 Å². The molecule has 1 unspecified atom stereocenters. The highest BCUT2D eigenvalue weighted by molar-refractivity contribution is 5.98. The summed E-state index contributed by atoms with van der Waals surface area (Å²) in [5.74, 6) is -1.43. The van der Waals surface area contributed by atoms with Gasteiger partial charge in [0.15, 0.2) is 5.82 Å². The quantitative estimate of drug-likeness (QED) is 0.300. The number of carbonyl (C=O) groups is 3. The molecular formula is C29H37Cl2FN6O4. The number of benzene rings is 2. The fourth-order valence-corrected chi connectivity index (χ4v) is 4.35. The van der Waals surface area contributed by atoms with Gasteiger partial charge < -0.3 is 30.6 Å². The molecule has 0 radical (unpaired) electrons. The lowest BCUT2D eigenvalue weighted by Gasteiger charge is -2.24. The largest absolute Gasteiger partial charge is 0.374 e. The number of aromatic nitrogens is 2. The Labute approximate surface area is 257 Å². The van der Waals surface area contributed by atoms with Gasteiger partial charge in [-0.05, 0) is 49.9 Å². The van der Waals surface area contributed by atoms with Crippen molar-refractivity contribution in [2.24, 2.45) is 5.73 Å². The van der Waals surface area contributed by atoms with Crippen LogP contribution in [0.15, 0.2) is 67.1 Å². The summed E-state index contributed by atoms with van der Waals surface area (Å²) in [5.41, 5.74) is 6.22. The van der Waals surface area contributed by atoms with Crippen LogP contribution in [-0.2, 0) is 25.7 Å². The van der Waals surface area contributed by atoms with Crippen LogP contribution in [0.25, 0.3) is 0 Å². The van der Waals surface area contributed by atoms with E-state index >= 15 is 0 Å². The number of hydrogen-bond donors (Lipinski definition) is 3. The van der Waals surface area contributed by atoms with Gasteiger partial charge in [0, 0.05) is 19.3 Å². The van der Waals surface area contributed by atoms with E-state index in [9.17, 15) is 18.8 Å². The van der Waals surface area contributed by atoms with Gasteiger partial charge in [-0.3, -0.25) is 14.4 Å². The van der Waals surface area contributed by atoms with E-state index in [0.29, 0.717) is 18.7 Å². The number of nitrogens with one attached hydrogen (secondary N) is 2. The number of amides is 3. The molecule has 1 saturated heterocycles. The molecule has 0 saturated carbocycles. The average Bonchev–Trinajstić information content (AvgIpc) is 3.62. The third-order valence-electron chi connectivity index (χ3n) is 6.59. The van der Waals surface area contributed by atoms with Crippen LogP contribution < -0.4 is 16.4 Å². The number of nitrogens with two attached hydrogens (primary N) is 1. The summed E-state index contributed by atoms with van der Waals surface area (Å²) in [6.07, 6.45) is 4.83. The minimum Gasteiger partial charge on any atom is -0.374 e. The Kier molecular flexibility index (Phi) is 12.9. The smallest absolute Gasteiger partial charge is 0.250 e. The van der Waals surface area contributed by atoms with Crippen molar-refractivity contribution in [3.05, 3.63) is 84.1 Å². The van der Waals surface area contributed by atoms with Crippen LogP contribution in [-0.4, -0.2) is 63.4 Å². The SMILES string of the molecule is CC(C)(N)C(=O)N[C@H](COCc1ccccc1)C(=O)Nc1cn(C(C(=O)N2CCCC2)c2ccc(F)cc2)cn1.Cl.Cl. The molecule has 2 heterocycles. The first-order valence-electron chi connectivity index (χ1n) is 13.2. The molecule has 4 N–H and O–H groups in total. The van der Waals surface area contributed by atoms with E-state index in [-0.39, 0.29) is 49.8 Å². The van der Waals surface area contributed by atoms with E-state index in [1.807, 2.05) is 30.3 Å². The van der Waals surface area contributed by atoms with Crippen molar-refractivity contribution in [1.29, 1.82) is 0 Å². The van der Waals surface area contributed by atoms with Crippen LogP contribution in [0.4, 0.5) is 10.2 Å². The first-order chi connectivity index (χ1) is 19.1. The second-order valence-electron chi connectivity index (χ2n) is 10.4. The van der Waals surface area contributed by atoms with Crippen LogP contribution in [0.2, 0.25) is 0 Å². The molecule has 3 amide bonds. The minimum atomic E-state index is -1.21. The zero-order chi connectivity index (χ0) is 28.7. The van der Waals surface area contributed by atoms with E-state index in [1.54, 1.807) is 21.6 Å². The van der Waals surface area contributed by atoms with Crippen molar-refractivity contribution in [3.8, 4) is 0 Å². The van der Waals surface area contributed by atoms with Gasteiger partial charge in [0.25, 0.3) is 5.91 Å². The lowest BCUT2D eigenvalue weighted by molar-refractivity contribution is -0.132. The van der Waals surface area contributed by atoms with Crippen LogP contribution in [0.1, 0.15) is 43.9 Å². The van der Waals surface area contributed by atoms with Crippen molar-refractivity contribution < 1.29 is 23.5 Å². The third kappa shape index (κ3) is 9.25. The lowest BCUT2D eigenvalue weighted by atomic mass is 10.1. The number of ether oxygens (including phenoxy) is 1. The zero-order valence-corrected chi connectivity index (χ0v) is 25.1. The normalized spacial score (nSPS) is 14.2. The maximum atomic E-state index is 13.6. The number of anilines is 1. The van der Waals surface area contributed by atoms with Crippen LogP contribution in [0.5, 0.6) is 0 Å². The molecule has 0 bridgehead atoms. The maximum absolute atomic E-state index is 13.6. The number of imidazole rings is 1. The summed E-state index contributed by atoms with van der Waals surface area (Å²) in [5, 5.41) is 5.35. The molecule has 10 nitrogen and oxygen atoms in total. The first-order valence-corrected chi connectivity index (χ1v) is 13.2. The predicted molar refractivity (Wildman–Crippen MR) is 162 cm³/mol. The zero-order valence-electron chi connectivity index (χ0n) is 23.5. The number of hydrogen-bond acceptors (Lipinski definition) is 6.